The Hall–Kier alpha value is -2.14. The number of ether oxygens (including phenoxy) is 1. The monoisotopic (exact) mass is 291 g/mol. The van der Waals surface area contributed by atoms with E-state index in [-0.39, 0.29) is 30.5 Å². The van der Waals surface area contributed by atoms with Crippen LogP contribution < -0.4 is 0 Å². The van der Waals surface area contributed by atoms with Crippen LogP contribution in [0.3, 0.4) is 0 Å². The van der Waals surface area contributed by atoms with E-state index in [1.807, 2.05) is 0 Å². The molecule has 0 atom stereocenters. The summed E-state index contributed by atoms with van der Waals surface area (Å²) in [4.78, 5) is 16.1. The summed E-state index contributed by atoms with van der Waals surface area (Å²) in [5, 5.41) is 19.3. The summed E-state index contributed by atoms with van der Waals surface area (Å²) in [6.07, 6.45) is 1.28. The predicted octanol–water partition coefficient (Wildman–Crippen LogP) is 2.91. The van der Waals surface area contributed by atoms with E-state index >= 15 is 0 Å². The lowest BCUT2D eigenvalue weighted by molar-refractivity contribution is -0.138. The molecule has 0 aliphatic rings. The van der Waals surface area contributed by atoms with Gasteiger partial charge in [0.2, 0.25) is 0 Å². The number of nitrogens with zero attached hydrogens (tertiary/aromatic N) is 1. The molecule has 5 nitrogen and oxygen atoms in total. The molecule has 0 saturated heterocycles. The van der Waals surface area contributed by atoms with Crippen molar-refractivity contribution in [3.8, 4) is 0 Å². The highest BCUT2D eigenvalue weighted by atomic mass is 16.5. The van der Waals surface area contributed by atoms with E-state index in [9.17, 15) is 15.0 Å². The lowest BCUT2D eigenvalue weighted by atomic mass is 10.1. The second-order valence-electron chi connectivity index (χ2n) is 4.72. The van der Waals surface area contributed by atoms with Crippen molar-refractivity contribution in [3.63, 3.8) is 0 Å². The Morgan fingerprint density at radius 3 is 2.62 bits per heavy atom. The van der Waals surface area contributed by atoms with E-state index < -0.39 is 5.97 Å². The molecule has 0 aliphatic carbocycles. The third kappa shape index (κ3) is 4.72. The molecular formula is C16H21NO4. The molecule has 0 saturated carbocycles. The van der Waals surface area contributed by atoms with Gasteiger partial charge in [0.1, 0.15) is 11.3 Å². The molecule has 0 spiro atoms. The molecule has 0 radical (unpaired) electrons. The summed E-state index contributed by atoms with van der Waals surface area (Å²) >= 11 is 0. The molecule has 114 valence electrons. The first-order chi connectivity index (χ1) is 10.0. The van der Waals surface area contributed by atoms with Gasteiger partial charge in [0, 0.05) is 17.7 Å². The summed E-state index contributed by atoms with van der Waals surface area (Å²) < 4.78 is 4.92. The van der Waals surface area contributed by atoms with Crippen molar-refractivity contribution in [1.82, 2.24) is 0 Å². The van der Waals surface area contributed by atoms with E-state index in [0.29, 0.717) is 11.3 Å². The fourth-order valence-corrected chi connectivity index (χ4v) is 1.65. The fourth-order valence-electron chi connectivity index (χ4n) is 1.65. The number of aliphatic hydroxyl groups is 2. The first-order valence-corrected chi connectivity index (χ1v) is 6.84. The van der Waals surface area contributed by atoms with Gasteiger partial charge in [-0.05, 0) is 13.0 Å². The van der Waals surface area contributed by atoms with Crippen LogP contribution in [0.2, 0.25) is 0 Å². The van der Waals surface area contributed by atoms with Crippen molar-refractivity contribution in [1.29, 1.82) is 0 Å². The Morgan fingerprint density at radius 1 is 1.38 bits per heavy atom. The molecule has 1 rings (SSSR count). The van der Waals surface area contributed by atoms with Crippen LogP contribution in [0.15, 0.2) is 40.6 Å². The maximum Gasteiger partial charge on any atom is 0.343 e. The van der Waals surface area contributed by atoms with Gasteiger partial charge in [-0.3, -0.25) is 4.99 Å². The number of esters is 1. The molecule has 1 aromatic rings. The maximum atomic E-state index is 11.9. The van der Waals surface area contributed by atoms with E-state index in [4.69, 9.17) is 4.74 Å². The summed E-state index contributed by atoms with van der Waals surface area (Å²) in [5.74, 6) is -0.906. The molecule has 0 fully saturated rings. The number of hydrogen-bond donors (Lipinski definition) is 2. The van der Waals surface area contributed by atoms with Crippen LogP contribution in [0.25, 0.3) is 0 Å². The summed E-state index contributed by atoms with van der Waals surface area (Å²) in [6.45, 7) is 5.30. The standard InChI is InChI=1S/C16H21NO4/c1-4-21-16(20)13(15(19)11(2)3)9-17-14-8-6-5-7-12(14)10-18/h5-9,11,18-19H,4,10H2,1-3H3. The number of para-hydroxylation sites is 1. The van der Waals surface area contributed by atoms with Crippen LogP contribution in [-0.2, 0) is 16.1 Å². The minimum Gasteiger partial charge on any atom is -0.511 e. The zero-order valence-electron chi connectivity index (χ0n) is 12.5. The normalized spacial score (nSPS) is 12.6. The van der Waals surface area contributed by atoms with Crippen molar-refractivity contribution in [2.45, 2.75) is 27.4 Å². The summed E-state index contributed by atoms with van der Waals surface area (Å²) in [7, 11) is 0. The lowest BCUT2D eigenvalue weighted by Crippen LogP contribution is -2.13. The Balaban J connectivity index is 3.15. The van der Waals surface area contributed by atoms with Gasteiger partial charge in [0.05, 0.1) is 18.9 Å². The third-order valence-electron chi connectivity index (χ3n) is 2.81. The molecule has 0 bridgehead atoms. The minimum absolute atomic E-state index is 0.0274. The Bertz CT molecular complexity index is 547. The van der Waals surface area contributed by atoms with E-state index in [2.05, 4.69) is 4.99 Å². The average molecular weight is 291 g/mol. The summed E-state index contributed by atoms with van der Waals surface area (Å²) in [6, 6.07) is 7.03. The SMILES string of the molecule is CCOC(=O)C(C=Nc1ccccc1CO)=C(O)C(C)C. The highest BCUT2D eigenvalue weighted by Gasteiger charge is 2.17. The van der Waals surface area contributed by atoms with Gasteiger partial charge in [-0.1, -0.05) is 32.0 Å². The molecule has 0 aliphatic heterocycles. The first-order valence-electron chi connectivity index (χ1n) is 6.84. The van der Waals surface area contributed by atoms with Gasteiger partial charge in [0.25, 0.3) is 0 Å². The Labute approximate surface area is 124 Å². The van der Waals surface area contributed by atoms with Crippen LogP contribution in [0, 0.1) is 5.92 Å². The van der Waals surface area contributed by atoms with E-state index in [1.165, 1.54) is 6.21 Å². The number of aliphatic imine (C=N–C) groups is 1. The van der Waals surface area contributed by atoms with Gasteiger partial charge in [-0.25, -0.2) is 4.79 Å². The smallest absolute Gasteiger partial charge is 0.343 e. The number of hydrogen-bond acceptors (Lipinski definition) is 5. The molecule has 5 heteroatoms. The molecule has 0 amide bonds. The van der Waals surface area contributed by atoms with Gasteiger partial charge in [-0.2, -0.15) is 0 Å². The Morgan fingerprint density at radius 2 is 2.05 bits per heavy atom. The molecule has 21 heavy (non-hydrogen) atoms. The van der Waals surface area contributed by atoms with Crippen molar-refractivity contribution < 1.29 is 19.7 Å². The third-order valence-corrected chi connectivity index (χ3v) is 2.81. The van der Waals surface area contributed by atoms with Crippen LogP contribution in [0.5, 0.6) is 0 Å². The van der Waals surface area contributed by atoms with Crippen LogP contribution >= 0.6 is 0 Å². The topological polar surface area (TPSA) is 79.1 Å². The number of aliphatic hydroxyl groups excluding tert-OH is 2. The molecule has 2 N–H and O–H groups in total. The van der Waals surface area contributed by atoms with Gasteiger partial charge in [0.15, 0.2) is 0 Å². The number of rotatable bonds is 6. The van der Waals surface area contributed by atoms with Crippen LogP contribution in [-0.4, -0.2) is 29.0 Å². The van der Waals surface area contributed by atoms with Crippen molar-refractivity contribution >= 4 is 17.9 Å². The molecule has 0 aromatic heterocycles. The van der Waals surface area contributed by atoms with Gasteiger partial charge in [-0.15, -0.1) is 0 Å². The largest absolute Gasteiger partial charge is 0.511 e. The predicted molar refractivity (Wildman–Crippen MR) is 81.6 cm³/mol. The minimum atomic E-state index is -0.617. The van der Waals surface area contributed by atoms with Crippen molar-refractivity contribution in [3.05, 3.63) is 41.2 Å². The number of benzene rings is 1. The van der Waals surface area contributed by atoms with Crippen LogP contribution in [0.1, 0.15) is 26.3 Å². The molecule has 0 unspecified atom stereocenters. The lowest BCUT2D eigenvalue weighted by Gasteiger charge is -2.09. The highest BCUT2D eigenvalue weighted by Crippen LogP contribution is 2.19. The van der Waals surface area contributed by atoms with E-state index in [1.54, 1.807) is 45.0 Å². The number of carbonyl (C=O) groups is 1. The molecule has 1 aromatic carbocycles. The zero-order valence-corrected chi connectivity index (χ0v) is 12.5. The van der Waals surface area contributed by atoms with E-state index in [0.717, 1.165) is 0 Å². The van der Waals surface area contributed by atoms with Gasteiger partial charge < -0.3 is 14.9 Å². The second-order valence-corrected chi connectivity index (χ2v) is 4.72. The first kappa shape index (κ1) is 16.9. The fraction of sp³-hybridized carbons (Fsp3) is 0.375. The average Bonchev–Trinajstić information content (AvgIpc) is 2.47. The van der Waals surface area contributed by atoms with Crippen LogP contribution in [0.4, 0.5) is 5.69 Å². The summed E-state index contributed by atoms with van der Waals surface area (Å²) in [5.41, 5.74) is 1.21. The molecular weight excluding hydrogens is 270 g/mol. The van der Waals surface area contributed by atoms with Crippen molar-refractivity contribution in [2.75, 3.05) is 6.61 Å². The molecule has 0 heterocycles. The highest BCUT2D eigenvalue weighted by molar-refractivity contribution is 6.10. The maximum absolute atomic E-state index is 11.9. The zero-order chi connectivity index (χ0) is 15.8. The van der Waals surface area contributed by atoms with Crippen molar-refractivity contribution in [2.24, 2.45) is 10.9 Å². The number of allylic oxidation sites excluding steroid dienone is 1. The second kappa shape index (κ2) is 8.21. The Kier molecular flexibility index (Phi) is 6.62. The van der Waals surface area contributed by atoms with Gasteiger partial charge >= 0.3 is 5.97 Å². The quantitative estimate of drug-likeness (QED) is 0.365. The number of carbonyl (C=O) groups excluding carboxylic acids is 1.